The number of hydrogen-bond acceptors (Lipinski definition) is 7. The molecule has 0 radical (unpaired) electrons. The number of nitrogens with zero attached hydrogens (tertiary/aromatic N) is 3. The molecule has 34 heavy (non-hydrogen) atoms. The van der Waals surface area contributed by atoms with E-state index in [-0.39, 0.29) is 23.9 Å². The maximum absolute atomic E-state index is 11.2. The standard InChI is InChI=1S/C24H24N4O5S/c1-31-21-13-15(28(29)30)7-8-17(21)19-9-10-20(33-19)23-22(18-6-2-3-11-25-18)26-24(34)27(23)14-16-5-4-12-32-16/h2-3,6-11,13,16,22-23H,4-5,12,14H2,1H3,(H,26,34)/t16-,22-,23-/m1/s1. The summed E-state index contributed by atoms with van der Waals surface area (Å²) in [4.78, 5) is 17.4. The first-order valence-corrected chi connectivity index (χ1v) is 11.5. The lowest BCUT2D eigenvalue weighted by molar-refractivity contribution is -0.384. The number of nitrogens with one attached hydrogen (secondary N) is 1. The van der Waals surface area contributed by atoms with Crippen molar-refractivity contribution in [3.63, 3.8) is 0 Å². The zero-order valence-corrected chi connectivity index (χ0v) is 19.4. The van der Waals surface area contributed by atoms with Crippen molar-refractivity contribution in [2.75, 3.05) is 20.3 Å². The van der Waals surface area contributed by atoms with Gasteiger partial charge in [-0.15, -0.1) is 0 Å². The van der Waals surface area contributed by atoms with E-state index in [4.69, 9.17) is 26.1 Å². The van der Waals surface area contributed by atoms with E-state index in [9.17, 15) is 10.1 Å². The molecular weight excluding hydrogens is 456 g/mol. The highest BCUT2D eigenvalue weighted by molar-refractivity contribution is 7.80. The molecule has 1 N–H and O–H groups in total. The fourth-order valence-electron chi connectivity index (χ4n) is 4.57. The van der Waals surface area contributed by atoms with Gasteiger partial charge in [0.15, 0.2) is 5.11 Å². The molecule has 4 heterocycles. The quantitative estimate of drug-likeness (QED) is 0.299. The van der Waals surface area contributed by atoms with E-state index in [1.165, 1.54) is 19.2 Å². The number of rotatable bonds is 7. The summed E-state index contributed by atoms with van der Waals surface area (Å²) >= 11 is 5.71. The van der Waals surface area contributed by atoms with E-state index >= 15 is 0 Å². The summed E-state index contributed by atoms with van der Waals surface area (Å²) in [5.41, 5.74) is 1.44. The molecule has 2 aliphatic rings. The second kappa shape index (κ2) is 9.40. The van der Waals surface area contributed by atoms with Crippen molar-refractivity contribution in [3.05, 3.63) is 76.3 Å². The minimum atomic E-state index is -0.453. The molecule has 0 spiro atoms. The zero-order chi connectivity index (χ0) is 23.7. The Kier molecular flexibility index (Phi) is 6.16. The third kappa shape index (κ3) is 4.22. The average Bonchev–Trinajstić information content (AvgIpc) is 3.61. The van der Waals surface area contributed by atoms with Crippen LogP contribution in [0, 0.1) is 10.1 Å². The normalized spacial score (nSPS) is 22.1. The van der Waals surface area contributed by atoms with Crippen LogP contribution in [-0.2, 0) is 4.74 Å². The number of ether oxygens (including phenoxy) is 2. The number of methoxy groups -OCH3 is 1. The largest absolute Gasteiger partial charge is 0.496 e. The van der Waals surface area contributed by atoms with Gasteiger partial charge in [0, 0.05) is 25.4 Å². The topological polar surface area (TPSA) is 103 Å². The molecule has 0 aliphatic carbocycles. The Labute approximate surface area is 201 Å². The van der Waals surface area contributed by atoms with Crippen molar-refractivity contribution in [3.8, 4) is 17.1 Å². The average molecular weight is 481 g/mol. The van der Waals surface area contributed by atoms with Crippen molar-refractivity contribution in [1.29, 1.82) is 0 Å². The van der Waals surface area contributed by atoms with Gasteiger partial charge in [0.2, 0.25) is 0 Å². The Bertz CT molecular complexity index is 1200. The van der Waals surface area contributed by atoms with Gasteiger partial charge < -0.3 is 24.1 Å². The lowest BCUT2D eigenvalue weighted by atomic mass is 10.0. The molecule has 0 amide bonds. The van der Waals surface area contributed by atoms with Crippen LogP contribution < -0.4 is 10.1 Å². The molecule has 1 aromatic carbocycles. The van der Waals surface area contributed by atoms with Gasteiger partial charge in [0.25, 0.3) is 5.69 Å². The number of thiocarbonyl (C=S) groups is 1. The maximum atomic E-state index is 11.2. The molecule has 3 aromatic rings. The van der Waals surface area contributed by atoms with Gasteiger partial charge in [-0.05, 0) is 55.4 Å². The van der Waals surface area contributed by atoms with Crippen LogP contribution in [0.3, 0.4) is 0 Å². The highest BCUT2D eigenvalue weighted by atomic mass is 32.1. The molecular formula is C24H24N4O5S. The number of benzene rings is 1. The van der Waals surface area contributed by atoms with Crippen LogP contribution in [0.25, 0.3) is 11.3 Å². The first-order chi connectivity index (χ1) is 16.5. The molecule has 10 heteroatoms. The summed E-state index contributed by atoms with van der Waals surface area (Å²) < 4.78 is 17.6. The van der Waals surface area contributed by atoms with E-state index in [1.54, 1.807) is 12.3 Å². The third-order valence-electron chi connectivity index (χ3n) is 6.20. The van der Waals surface area contributed by atoms with Crippen molar-refractivity contribution >= 4 is 23.0 Å². The molecule has 2 saturated heterocycles. The van der Waals surface area contributed by atoms with E-state index in [1.807, 2.05) is 30.3 Å². The molecule has 0 saturated carbocycles. The Morgan fingerprint density at radius 1 is 1.29 bits per heavy atom. The van der Waals surface area contributed by atoms with Crippen LogP contribution >= 0.6 is 12.2 Å². The van der Waals surface area contributed by atoms with Gasteiger partial charge in [-0.1, -0.05) is 6.07 Å². The Morgan fingerprint density at radius 2 is 2.18 bits per heavy atom. The van der Waals surface area contributed by atoms with Gasteiger partial charge in [-0.2, -0.15) is 0 Å². The number of aromatic nitrogens is 1. The number of non-ortho nitro benzene ring substituents is 1. The Balaban J connectivity index is 1.51. The highest BCUT2D eigenvalue weighted by Gasteiger charge is 2.43. The monoisotopic (exact) mass is 480 g/mol. The SMILES string of the molecule is COc1cc([N+](=O)[O-])ccc1-c1ccc([C@@H]2[C@@H](c3ccccn3)NC(=S)N2C[C@H]2CCCO2)o1. The lowest BCUT2D eigenvalue weighted by Crippen LogP contribution is -2.36. The number of hydrogen-bond donors (Lipinski definition) is 1. The van der Waals surface area contributed by atoms with Crippen molar-refractivity contribution < 1.29 is 18.8 Å². The van der Waals surface area contributed by atoms with Crippen molar-refractivity contribution in [2.45, 2.75) is 31.0 Å². The number of furan rings is 1. The predicted octanol–water partition coefficient (Wildman–Crippen LogP) is 4.41. The second-order valence-corrected chi connectivity index (χ2v) is 8.64. The summed E-state index contributed by atoms with van der Waals surface area (Å²) in [6, 6.07) is 13.6. The van der Waals surface area contributed by atoms with Gasteiger partial charge in [0.1, 0.15) is 23.3 Å². The summed E-state index contributed by atoms with van der Waals surface area (Å²) in [5.74, 6) is 1.63. The van der Waals surface area contributed by atoms with E-state index in [2.05, 4.69) is 15.2 Å². The number of nitro benzene ring substituents is 1. The second-order valence-electron chi connectivity index (χ2n) is 8.26. The lowest BCUT2D eigenvalue weighted by Gasteiger charge is -2.28. The number of pyridine rings is 1. The molecule has 0 unspecified atom stereocenters. The molecule has 9 nitrogen and oxygen atoms in total. The first-order valence-electron chi connectivity index (χ1n) is 11.1. The van der Waals surface area contributed by atoms with E-state index in [0.717, 1.165) is 25.1 Å². The van der Waals surface area contributed by atoms with Crippen LogP contribution in [0.4, 0.5) is 5.69 Å². The third-order valence-corrected chi connectivity index (χ3v) is 6.55. The summed E-state index contributed by atoms with van der Waals surface area (Å²) in [6.45, 7) is 1.41. The highest BCUT2D eigenvalue weighted by Crippen LogP contribution is 2.42. The predicted molar refractivity (Wildman–Crippen MR) is 128 cm³/mol. The number of nitro groups is 1. The Morgan fingerprint density at radius 3 is 2.88 bits per heavy atom. The molecule has 0 bridgehead atoms. The van der Waals surface area contributed by atoms with E-state index in [0.29, 0.717) is 34.5 Å². The summed E-state index contributed by atoms with van der Waals surface area (Å²) in [6.07, 6.45) is 3.89. The molecule has 5 rings (SSSR count). The minimum Gasteiger partial charge on any atom is -0.496 e. The molecule has 2 fully saturated rings. The van der Waals surface area contributed by atoms with Crippen LogP contribution in [0.2, 0.25) is 0 Å². The molecule has 3 atom stereocenters. The van der Waals surface area contributed by atoms with Gasteiger partial charge >= 0.3 is 0 Å². The molecule has 2 aromatic heterocycles. The van der Waals surface area contributed by atoms with Gasteiger partial charge in [0.05, 0.1) is 41.5 Å². The van der Waals surface area contributed by atoms with Gasteiger partial charge in [-0.25, -0.2) is 0 Å². The first kappa shape index (κ1) is 22.3. The zero-order valence-electron chi connectivity index (χ0n) is 18.5. The van der Waals surface area contributed by atoms with Crippen molar-refractivity contribution in [2.24, 2.45) is 0 Å². The van der Waals surface area contributed by atoms with Crippen LogP contribution in [-0.4, -0.2) is 46.3 Å². The van der Waals surface area contributed by atoms with E-state index < -0.39 is 4.92 Å². The smallest absolute Gasteiger partial charge is 0.273 e. The van der Waals surface area contributed by atoms with Crippen LogP contribution in [0.1, 0.15) is 36.4 Å². The van der Waals surface area contributed by atoms with Crippen LogP contribution in [0.5, 0.6) is 5.75 Å². The summed E-state index contributed by atoms with van der Waals surface area (Å²) in [7, 11) is 1.48. The maximum Gasteiger partial charge on any atom is 0.273 e. The minimum absolute atomic E-state index is 0.0457. The summed E-state index contributed by atoms with van der Waals surface area (Å²) in [5, 5.41) is 15.2. The van der Waals surface area contributed by atoms with Gasteiger partial charge in [-0.3, -0.25) is 15.1 Å². The molecule has 176 valence electrons. The fraction of sp³-hybridized carbons (Fsp3) is 0.333. The fourth-order valence-corrected chi connectivity index (χ4v) is 4.89. The van der Waals surface area contributed by atoms with Crippen molar-refractivity contribution in [1.82, 2.24) is 15.2 Å². The molecule has 2 aliphatic heterocycles. The van der Waals surface area contributed by atoms with Crippen LogP contribution in [0.15, 0.2) is 59.1 Å². The Hall–Kier alpha value is -3.50.